The van der Waals surface area contributed by atoms with Gasteiger partial charge in [-0.2, -0.15) is 0 Å². The monoisotopic (exact) mass is 398 g/mol. The van der Waals surface area contributed by atoms with Crippen LogP contribution in [0.25, 0.3) is 0 Å². The molecule has 3 aliphatic heterocycles. The Morgan fingerprint density at radius 1 is 1.36 bits per heavy atom. The fourth-order valence-electron chi connectivity index (χ4n) is 3.78. The number of nitrogens with zero attached hydrogens (tertiary/aromatic N) is 1. The maximum Gasteiger partial charge on any atom is 0.355 e. The molecule has 1 aromatic rings. The van der Waals surface area contributed by atoms with Gasteiger partial charge >= 0.3 is 5.97 Å². The summed E-state index contributed by atoms with van der Waals surface area (Å²) >= 11 is 1.55. The van der Waals surface area contributed by atoms with Crippen molar-refractivity contribution in [2.24, 2.45) is 5.41 Å². The number of β-lactam (4-membered cyclic amide) rings is 1. The van der Waals surface area contributed by atoms with Crippen molar-refractivity contribution >= 4 is 29.5 Å². The van der Waals surface area contributed by atoms with E-state index in [4.69, 9.17) is 4.74 Å². The van der Waals surface area contributed by atoms with E-state index in [0.717, 1.165) is 11.1 Å². The molecule has 1 unspecified atom stereocenters. The molecule has 0 spiro atoms. The maximum absolute atomic E-state index is 12.7. The van der Waals surface area contributed by atoms with E-state index in [1.54, 1.807) is 17.8 Å². The Kier molecular flexibility index (Phi) is 4.57. The lowest BCUT2D eigenvalue weighted by Gasteiger charge is -2.48. The first kappa shape index (κ1) is 18.8. The zero-order valence-corrected chi connectivity index (χ0v) is 16.6. The second-order valence-corrected chi connectivity index (χ2v) is 8.91. The van der Waals surface area contributed by atoms with Gasteiger partial charge in [-0.15, -0.1) is 18.3 Å². The number of carbonyl (C=O) groups is 3. The van der Waals surface area contributed by atoms with Crippen LogP contribution in [0.2, 0.25) is 0 Å². The maximum atomic E-state index is 12.7. The summed E-state index contributed by atoms with van der Waals surface area (Å²) in [6.07, 6.45) is 1.57. The summed E-state index contributed by atoms with van der Waals surface area (Å²) in [5, 5.41) is 2.55. The Bertz CT molecular complexity index is 893. The molecule has 0 aliphatic carbocycles. The first-order valence-corrected chi connectivity index (χ1v) is 10.2. The van der Waals surface area contributed by atoms with Crippen LogP contribution in [-0.4, -0.2) is 46.0 Å². The number of thioether (sulfide) groups is 1. The lowest BCUT2D eigenvalue weighted by Crippen LogP contribution is -2.70. The van der Waals surface area contributed by atoms with Crippen LogP contribution >= 0.6 is 11.8 Å². The molecule has 3 atom stereocenters. The summed E-state index contributed by atoms with van der Waals surface area (Å²) in [5.74, 6) is -0.352. The Morgan fingerprint density at radius 2 is 2.07 bits per heavy atom. The molecule has 1 N–H and O–H groups in total. The Balaban J connectivity index is 1.49. The molecule has 1 fully saturated rings. The number of cyclic esters (lactones) is 1. The minimum Gasteiger partial charge on any atom is -0.452 e. The van der Waals surface area contributed by atoms with Crippen molar-refractivity contribution in [3.8, 4) is 0 Å². The number of ether oxygens (including phenoxy) is 1. The normalized spacial score (nSPS) is 26.2. The van der Waals surface area contributed by atoms with Crippen molar-refractivity contribution < 1.29 is 19.1 Å². The van der Waals surface area contributed by atoms with Gasteiger partial charge in [-0.25, -0.2) is 4.79 Å². The summed E-state index contributed by atoms with van der Waals surface area (Å²) in [4.78, 5) is 39.0. The van der Waals surface area contributed by atoms with Gasteiger partial charge in [-0.3, -0.25) is 14.5 Å². The molecule has 4 rings (SSSR count). The van der Waals surface area contributed by atoms with E-state index in [1.807, 2.05) is 44.2 Å². The van der Waals surface area contributed by atoms with E-state index < -0.39 is 23.5 Å². The fourth-order valence-corrected chi connectivity index (χ4v) is 5.15. The molecule has 7 heteroatoms. The molecule has 0 saturated carbocycles. The molecule has 0 bridgehead atoms. The smallest absolute Gasteiger partial charge is 0.355 e. The standard InChI is InChI=1S/C21H22N2O4S/c1-4-21(2,3)17-13-11-28-19-15(18(25)23(19)16(13)20(26)27-17)22-14(24)10-12-8-6-5-7-9-12/h4-9,15,17,19H,1,10-11H2,2-3H3,(H,22,24)/t15-,17?,19-/m1/s1. The van der Waals surface area contributed by atoms with Gasteiger partial charge in [0.05, 0.1) is 6.42 Å². The van der Waals surface area contributed by atoms with E-state index in [2.05, 4.69) is 11.9 Å². The van der Waals surface area contributed by atoms with Crippen LogP contribution in [0, 0.1) is 5.41 Å². The highest BCUT2D eigenvalue weighted by molar-refractivity contribution is 8.00. The molecule has 3 heterocycles. The molecule has 1 saturated heterocycles. The predicted molar refractivity (Wildman–Crippen MR) is 106 cm³/mol. The van der Waals surface area contributed by atoms with E-state index >= 15 is 0 Å². The van der Waals surface area contributed by atoms with Crippen molar-refractivity contribution in [3.05, 3.63) is 59.8 Å². The van der Waals surface area contributed by atoms with E-state index in [-0.39, 0.29) is 23.6 Å². The van der Waals surface area contributed by atoms with Gasteiger partial charge in [0, 0.05) is 16.7 Å². The van der Waals surface area contributed by atoms with Crippen molar-refractivity contribution in [2.75, 3.05) is 5.75 Å². The molecule has 146 valence electrons. The van der Waals surface area contributed by atoms with Gasteiger partial charge in [0.25, 0.3) is 5.91 Å². The molecule has 2 amide bonds. The summed E-state index contributed by atoms with van der Waals surface area (Å²) in [7, 11) is 0. The first-order chi connectivity index (χ1) is 13.3. The average Bonchev–Trinajstić information content (AvgIpc) is 3.03. The van der Waals surface area contributed by atoms with Gasteiger partial charge in [0.1, 0.15) is 23.2 Å². The highest BCUT2D eigenvalue weighted by atomic mass is 32.2. The van der Waals surface area contributed by atoms with Crippen molar-refractivity contribution in [3.63, 3.8) is 0 Å². The fraction of sp³-hybridized carbons (Fsp3) is 0.381. The van der Waals surface area contributed by atoms with Gasteiger partial charge in [-0.1, -0.05) is 50.3 Å². The Hall–Kier alpha value is -2.54. The Morgan fingerprint density at radius 3 is 2.75 bits per heavy atom. The van der Waals surface area contributed by atoms with Crippen LogP contribution in [0.1, 0.15) is 19.4 Å². The summed E-state index contributed by atoms with van der Waals surface area (Å²) in [6, 6.07) is 8.76. The number of carbonyl (C=O) groups excluding carboxylic acids is 3. The largest absolute Gasteiger partial charge is 0.452 e. The second kappa shape index (κ2) is 6.81. The average molecular weight is 398 g/mol. The topological polar surface area (TPSA) is 75.7 Å². The number of amides is 2. The van der Waals surface area contributed by atoms with Gasteiger partial charge < -0.3 is 10.1 Å². The van der Waals surface area contributed by atoms with Crippen LogP contribution in [0.15, 0.2) is 54.3 Å². The third-order valence-corrected chi connectivity index (χ3v) is 6.76. The number of nitrogens with one attached hydrogen (secondary N) is 1. The summed E-state index contributed by atoms with van der Waals surface area (Å²) in [5.41, 5.74) is 1.65. The third kappa shape index (κ3) is 2.94. The van der Waals surface area contributed by atoms with E-state index in [0.29, 0.717) is 11.4 Å². The van der Waals surface area contributed by atoms with Crippen LogP contribution in [0.3, 0.4) is 0 Å². The molecule has 0 aromatic heterocycles. The molecule has 0 radical (unpaired) electrons. The number of benzene rings is 1. The van der Waals surface area contributed by atoms with Crippen molar-refractivity contribution in [1.82, 2.24) is 10.2 Å². The minimum atomic E-state index is -0.616. The van der Waals surface area contributed by atoms with Crippen LogP contribution in [0.4, 0.5) is 0 Å². The lowest BCUT2D eigenvalue weighted by molar-refractivity contribution is -0.152. The van der Waals surface area contributed by atoms with Gasteiger partial charge in [-0.05, 0) is 5.56 Å². The molecule has 28 heavy (non-hydrogen) atoms. The zero-order valence-electron chi connectivity index (χ0n) is 15.8. The van der Waals surface area contributed by atoms with Gasteiger partial charge in [0.15, 0.2) is 0 Å². The van der Waals surface area contributed by atoms with Crippen LogP contribution in [0.5, 0.6) is 0 Å². The molecule has 3 aliphatic rings. The van der Waals surface area contributed by atoms with Crippen LogP contribution in [-0.2, 0) is 25.5 Å². The zero-order chi connectivity index (χ0) is 20.1. The quantitative estimate of drug-likeness (QED) is 0.467. The number of rotatable bonds is 5. The highest BCUT2D eigenvalue weighted by Gasteiger charge is 2.58. The summed E-state index contributed by atoms with van der Waals surface area (Å²) in [6.45, 7) is 7.74. The third-order valence-electron chi connectivity index (χ3n) is 5.46. The molecule has 1 aromatic carbocycles. The minimum absolute atomic E-state index is 0.204. The van der Waals surface area contributed by atoms with E-state index in [1.165, 1.54) is 4.90 Å². The number of fused-ring (bicyclic) bond motifs is 2. The number of hydrogen-bond donors (Lipinski definition) is 1. The number of esters is 1. The lowest BCUT2D eigenvalue weighted by atomic mass is 9.83. The molecule has 6 nitrogen and oxygen atoms in total. The SMILES string of the molecule is C=CC(C)(C)C1OC(=O)C2=C1CS[C@@H]1[C@H](NC(=O)Cc3ccccc3)C(=O)N21. The predicted octanol–water partition coefficient (Wildman–Crippen LogP) is 2.02. The number of hydrogen-bond acceptors (Lipinski definition) is 5. The van der Waals surface area contributed by atoms with Crippen molar-refractivity contribution in [2.45, 2.75) is 37.8 Å². The van der Waals surface area contributed by atoms with E-state index in [9.17, 15) is 14.4 Å². The molecular formula is C21H22N2O4S. The second-order valence-electron chi connectivity index (χ2n) is 7.80. The first-order valence-electron chi connectivity index (χ1n) is 9.19. The van der Waals surface area contributed by atoms with Gasteiger partial charge in [0.2, 0.25) is 5.91 Å². The van der Waals surface area contributed by atoms with Crippen LogP contribution < -0.4 is 5.32 Å². The summed E-state index contributed by atoms with van der Waals surface area (Å²) < 4.78 is 5.58. The molecular weight excluding hydrogens is 376 g/mol. The highest BCUT2D eigenvalue weighted by Crippen LogP contribution is 2.47. The Labute approximate surface area is 168 Å². The van der Waals surface area contributed by atoms with Crippen molar-refractivity contribution in [1.29, 1.82) is 0 Å².